The fraction of sp³-hybridized carbons (Fsp3) is 0.500. The molecule has 1 saturated heterocycles. The molecule has 1 aliphatic heterocycles. The van der Waals surface area contributed by atoms with E-state index in [2.05, 4.69) is 26.8 Å². The fourth-order valence-corrected chi connectivity index (χ4v) is 4.20. The topological polar surface area (TPSA) is 102 Å². The van der Waals surface area contributed by atoms with Crippen LogP contribution in [0.1, 0.15) is 19.8 Å². The Balaban J connectivity index is 1.71. The average Bonchev–Trinajstić information content (AvgIpc) is 3.08. The number of aromatic nitrogens is 6. The predicted octanol–water partition coefficient (Wildman–Crippen LogP) is 1.24. The molecule has 0 aromatic carbocycles. The summed E-state index contributed by atoms with van der Waals surface area (Å²) >= 11 is 1.53. The molecular weight excluding hydrogens is 378 g/mol. The van der Waals surface area contributed by atoms with Crippen LogP contribution in [0.4, 0.5) is 5.95 Å². The number of rotatable bonds is 5. The number of aromatic amines is 1. The predicted molar refractivity (Wildman–Crippen MR) is 109 cm³/mol. The molecule has 10 heteroatoms. The summed E-state index contributed by atoms with van der Waals surface area (Å²) in [5.74, 6) is 2.13. The van der Waals surface area contributed by atoms with Gasteiger partial charge in [-0.3, -0.25) is 14.3 Å². The Labute approximate surface area is 165 Å². The van der Waals surface area contributed by atoms with Gasteiger partial charge >= 0.3 is 5.69 Å². The van der Waals surface area contributed by atoms with Gasteiger partial charge in [-0.25, -0.2) is 14.8 Å². The van der Waals surface area contributed by atoms with Crippen LogP contribution in [-0.4, -0.2) is 47.9 Å². The van der Waals surface area contributed by atoms with Gasteiger partial charge in [0.05, 0.1) is 0 Å². The summed E-state index contributed by atoms with van der Waals surface area (Å²) in [4.78, 5) is 42.4. The van der Waals surface area contributed by atoms with Crippen molar-refractivity contribution >= 4 is 28.9 Å². The molecule has 0 saturated carbocycles. The molecule has 4 rings (SSSR count). The van der Waals surface area contributed by atoms with E-state index in [4.69, 9.17) is 4.98 Å². The highest BCUT2D eigenvalue weighted by molar-refractivity contribution is 7.99. The van der Waals surface area contributed by atoms with E-state index in [9.17, 15) is 9.59 Å². The van der Waals surface area contributed by atoms with Gasteiger partial charge in [0.2, 0.25) is 5.95 Å². The Hall–Kier alpha value is -2.62. The monoisotopic (exact) mass is 401 g/mol. The minimum Gasteiger partial charge on any atom is -0.342 e. The highest BCUT2D eigenvalue weighted by Gasteiger charge is 2.24. The molecule has 4 heterocycles. The second kappa shape index (κ2) is 7.78. The van der Waals surface area contributed by atoms with Crippen molar-refractivity contribution in [2.75, 3.05) is 23.7 Å². The van der Waals surface area contributed by atoms with Crippen molar-refractivity contribution in [2.45, 2.75) is 31.5 Å². The van der Waals surface area contributed by atoms with Gasteiger partial charge in [-0.15, -0.1) is 0 Å². The van der Waals surface area contributed by atoms with Gasteiger partial charge in [0.1, 0.15) is 0 Å². The average molecular weight is 401 g/mol. The summed E-state index contributed by atoms with van der Waals surface area (Å²) in [5.41, 5.74) is 0.00449. The summed E-state index contributed by atoms with van der Waals surface area (Å²) in [6.07, 6.45) is 5.60. The molecule has 0 spiro atoms. The normalized spacial score (nSPS) is 15.4. The zero-order valence-electron chi connectivity index (χ0n) is 16.0. The van der Waals surface area contributed by atoms with Gasteiger partial charge in [-0.05, 0) is 24.8 Å². The van der Waals surface area contributed by atoms with Crippen molar-refractivity contribution < 1.29 is 0 Å². The smallest absolute Gasteiger partial charge is 0.329 e. The van der Waals surface area contributed by atoms with Gasteiger partial charge in [-0.2, -0.15) is 4.98 Å². The lowest BCUT2D eigenvalue weighted by Gasteiger charge is -2.31. The summed E-state index contributed by atoms with van der Waals surface area (Å²) in [6, 6.07) is 1.78. The third-order valence-corrected chi connectivity index (χ3v) is 6.00. The lowest BCUT2D eigenvalue weighted by Crippen LogP contribution is -2.35. The summed E-state index contributed by atoms with van der Waals surface area (Å²) in [7, 11) is 1.63. The van der Waals surface area contributed by atoms with Gasteiger partial charge in [-0.1, -0.05) is 18.7 Å². The minimum absolute atomic E-state index is 0.400. The second-order valence-electron chi connectivity index (χ2n) is 7.10. The second-order valence-corrected chi connectivity index (χ2v) is 8.17. The maximum absolute atomic E-state index is 12.6. The molecule has 0 aliphatic carbocycles. The number of H-pyrrole nitrogens is 1. The van der Waals surface area contributed by atoms with Crippen LogP contribution in [0.2, 0.25) is 0 Å². The van der Waals surface area contributed by atoms with E-state index in [1.807, 2.05) is 4.57 Å². The van der Waals surface area contributed by atoms with Crippen LogP contribution in [0.15, 0.2) is 33.2 Å². The number of nitrogens with zero attached hydrogens (tertiary/aromatic N) is 6. The number of fused-ring (bicyclic) bond motifs is 1. The molecule has 148 valence electrons. The molecule has 1 N–H and O–H groups in total. The SMILES string of the molecule is CC1CCN(c2nc3c(c(=O)[nH]c(=O)n3C)n2CCSc2ncccn2)CC1. The largest absolute Gasteiger partial charge is 0.342 e. The molecule has 1 aliphatic rings. The van der Waals surface area contributed by atoms with Gasteiger partial charge < -0.3 is 9.47 Å². The molecule has 3 aromatic heterocycles. The zero-order valence-corrected chi connectivity index (χ0v) is 16.8. The molecular formula is C18H23N7O2S. The number of anilines is 1. The Kier molecular flexibility index (Phi) is 5.21. The van der Waals surface area contributed by atoms with Crippen molar-refractivity contribution in [1.82, 2.24) is 29.1 Å². The van der Waals surface area contributed by atoms with Gasteiger partial charge in [0.25, 0.3) is 5.56 Å². The third kappa shape index (κ3) is 3.56. The Bertz CT molecular complexity index is 1080. The number of imidazole rings is 1. The molecule has 1 fully saturated rings. The van der Waals surface area contributed by atoms with Crippen LogP contribution in [0.3, 0.4) is 0 Å². The number of hydrogen-bond donors (Lipinski definition) is 1. The van der Waals surface area contributed by atoms with E-state index in [0.29, 0.717) is 34.5 Å². The van der Waals surface area contributed by atoms with Crippen molar-refractivity contribution in [1.29, 1.82) is 0 Å². The highest BCUT2D eigenvalue weighted by Crippen LogP contribution is 2.25. The van der Waals surface area contributed by atoms with E-state index in [-0.39, 0.29) is 0 Å². The maximum Gasteiger partial charge on any atom is 0.329 e. The maximum atomic E-state index is 12.6. The van der Waals surface area contributed by atoms with Crippen LogP contribution < -0.4 is 16.1 Å². The van der Waals surface area contributed by atoms with Gasteiger partial charge in [0.15, 0.2) is 16.3 Å². The van der Waals surface area contributed by atoms with Crippen LogP contribution >= 0.6 is 11.8 Å². The van der Waals surface area contributed by atoms with E-state index in [1.54, 1.807) is 25.5 Å². The Morgan fingerprint density at radius 2 is 1.93 bits per heavy atom. The number of nitrogens with one attached hydrogen (secondary N) is 1. The first-order chi connectivity index (χ1) is 13.5. The number of aryl methyl sites for hydroxylation is 2. The number of hydrogen-bond acceptors (Lipinski definition) is 7. The molecule has 0 atom stereocenters. The van der Waals surface area contributed by atoms with E-state index in [0.717, 1.165) is 31.9 Å². The molecule has 0 bridgehead atoms. The number of thioether (sulfide) groups is 1. The van der Waals surface area contributed by atoms with Crippen molar-refractivity contribution in [3.8, 4) is 0 Å². The molecule has 9 nitrogen and oxygen atoms in total. The highest BCUT2D eigenvalue weighted by atomic mass is 32.2. The first-order valence-electron chi connectivity index (χ1n) is 9.39. The molecule has 0 unspecified atom stereocenters. The van der Waals surface area contributed by atoms with E-state index < -0.39 is 11.2 Å². The summed E-state index contributed by atoms with van der Waals surface area (Å²) in [6.45, 7) is 4.61. The molecule has 0 radical (unpaired) electrons. The fourth-order valence-electron chi connectivity index (χ4n) is 3.47. The molecule has 3 aromatic rings. The summed E-state index contributed by atoms with van der Waals surface area (Å²) in [5, 5.41) is 0.696. The van der Waals surface area contributed by atoms with Crippen LogP contribution in [0, 0.1) is 5.92 Å². The third-order valence-electron chi connectivity index (χ3n) is 5.14. The van der Waals surface area contributed by atoms with Gasteiger partial charge in [0, 0.05) is 44.8 Å². The zero-order chi connectivity index (χ0) is 19.7. The van der Waals surface area contributed by atoms with Crippen LogP contribution in [0.25, 0.3) is 11.2 Å². The standard InChI is InChI=1S/C18H23N7O2S/c1-12-4-8-24(9-5-12)17-21-14-13(15(26)22-18(27)23(14)2)25(17)10-11-28-16-19-6-3-7-20-16/h3,6-7,12H,4-5,8-11H2,1-2H3,(H,22,26,27). The van der Waals surface area contributed by atoms with E-state index >= 15 is 0 Å². The van der Waals surface area contributed by atoms with Crippen LogP contribution in [-0.2, 0) is 13.6 Å². The lowest BCUT2D eigenvalue weighted by atomic mass is 10.00. The quantitative estimate of drug-likeness (QED) is 0.507. The van der Waals surface area contributed by atoms with Crippen molar-refractivity contribution in [3.63, 3.8) is 0 Å². The van der Waals surface area contributed by atoms with Crippen molar-refractivity contribution in [3.05, 3.63) is 39.3 Å². The Morgan fingerprint density at radius 3 is 2.64 bits per heavy atom. The first-order valence-corrected chi connectivity index (χ1v) is 10.4. The summed E-state index contributed by atoms with van der Waals surface area (Å²) < 4.78 is 3.33. The first kappa shape index (κ1) is 18.7. The van der Waals surface area contributed by atoms with Crippen LogP contribution in [0.5, 0.6) is 0 Å². The number of piperidine rings is 1. The molecule has 28 heavy (non-hydrogen) atoms. The lowest BCUT2D eigenvalue weighted by molar-refractivity contribution is 0.432. The Morgan fingerprint density at radius 1 is 1.21 bits per heavy atom. The van der Waals surface area contributed by atoms with E-state index in [1.165, 1.54) is 16.3 Å². The van der Waals surface area contributed by atoms with Crippen molar-refractivity contribution in [2.24, 2.45) is 13.0 Å². The molecule has 0 amide bonds. The minimum atomic E-state index is -0.451.